The molecule has 0 spiro atoms. The maximum atomic E-state index is 12.1. The largest absolute Gasteiger partial charge is 0.465 e. The maximum Gasteiger partial charge on any atom is 0.338 e. The van der Waals surface area contributed by atoms with Crippen LogP contribution in [0.3, 0.4) is 0 Å². The van der Waals surface area contributed by atoms with E-state index in [2.05, 4.69) is 20.8 Å². The van der Waals surface area contributed by atoms with E-state index in [0.717, 1.165) is 33.9 Å². The molecule has 4 aromatic rings. The quantitative estimate of drug-likeness (QED) is 0.229. The second kappa shape index (κ2) is 11.1. The number of aryl methyl sites for hydroxylation is 1. The molecule has 2 N–H and O–H groups in total. The van der Waals surface area contributed by atoms with Crippen molar-refractivity contribution in [3.8, 4) is 0 Å². The topological polar surface area (TPSA) is 86.0 Å². The second-order valence-corrected chi connectivity index (χ2v) is 9.35. The number of thiocarbonyl (C=S) groups is 1. The van der Waals surface area contributed by atoms with Gasteiger partial charge in [0.2, 0.25) is 0 Å². The highest BCUT2D eigenvalue weighted by Gasteiger charge is 2.17. The molecule has 186 valence electrons. The third-order valence-corrected chi connectivity index (χ3v) is 6.39. The van der Waals surface area contributed by atoms with E-state index in [0.29, 0.717) is 33.8 Å². The van der Waals surface area contributed by atoms with Crippen LogP contribution in [0.1, 0.15) is 32.9 Å². The summed E-state index contributed by atoms with van der Waals surface area (Å²) in [6.45, 7) is 4.75. The number of carbonyl (C=O) groups is 1. The molecule has 0 saturated heterocycles. The number of ether oxygens (including phenoxy) is 1. The second-order valence-electron chi connectivity index (χ2n) is 8.09. The minimum absolute atomic E-state index is 0.380. The average molecular weight is 543 g/mol. The van der Waals surface area contributed by atoms with Crippen molar-refractivity contribution in [3.05, 3.63) is 93.0 Å². The number of esters is 1. The first-order valence-corrected chi connectivity index (χ1v) is 12.2. The Balaban J connectivity index is 1.43. The fourth-order valence-electron chi connectivity index (χ4n) is 3.78. The molecular weight excluding hydrogens is 519 g/mol. The lowest BCUT2D eigenvalue weighted by molar-refractivity contribution is 0.0599. The lowest BCUT2D eigenvalue weighted by Crippen LogP contribution is -2.19. The van der Waals surface area contributed by atoms with E-state index in [1.807, 2.05) is 42.9 Å². The fraction of sp³-hybridized carbons (Fsp3) is 0.200. The predicted molar refractivity (Wildman–Crippen MR) is 146 cm³/mol. The summed E-state index contributed by atoms with van der Waals surface area (Å²) in [6, 6.07) is 12.7. The van der Waals surface area contributed by atoms with Crippen LogP contribution < -0.4 is 10.6 Å². The molecule has 0 atom stereocenters. The van der Waals surface area contributed by atoms with Gasteiger partial charge in [-0.1, -0.05) is 47.5 Å². The number of rotatable bonds is 7. The van der Waals surface area contributed by atoms with Crippen molar-refractivity contribution in [3.63, 3.8) is 0 Å². The first-order chi connectivity index (χ1) is 17.2. The third-order valence-electron chi connectivity index (χ3n) is 5.60. The van der Waals surface area contributed by atoms with Gasteiger partial charge in [-0.2, -0.15) is 10.2 Å². The summed E-state index contributed by atoms with van der Waals surface area (Å²) in [5.41, 5.74) is 5.41. The molecule has 0 saturated carbocycles. The van der Waals surface area contributed by atoms with Crippen molar-refractivity contribution in [2.24, 2.45) is 0 Å². The van der Waals surface area contributed by atoms with Crippen molar-refractivity contribution in [1.82, 2.24) is 19.6 Å². The van der Waals surface area contributed by atoms with Crippen molar-refractivity contribution < 1.29 is 9.53 Å². The SMILES string of the molecule is COC(=O)c1ccccc1Cn1nc(C)c(NC(=S)Nc2cnn(Cc3ccc(Cl)cc3Cl)c2)c1C. The molecule has 0 amide bonds. The van der Waals surface area contributed by atoms with Gasteiger partial charge in [-0.15, -0.1) is 0 Å². The van der Waals surface area contributed by atoms with Crippen LogP contribution in [0.4, 0.5) is 11.4 Å². The maximum absolute atomic E-state index is 12.1. The van der Waals surface area contributed by atoms with Crippen LogP contribution in [0.25, 0.3) is 0 Å². The van der Waals surface area contributed by atoms with E-state index in [1.54, 1.807) is 35.1 Å². The van der Waals surface area contributed by atoms with Crippen LogP contribution in [0.15, 0.2) is 54.9 Å². The van der Waals surface area contributed by atoms with Gasteiger partial charge in [0.1, 0.15) is 0 Å². The average Bonchev–Trinajstić information content (AvgIpc) is 3.39. The van der Waals surface area contributed by atoms with Gasteiger partial charge in [-0.25, -0.2) is 4.79 Å². The minimum Gasteiger partial charge on any atom is -0.465 e. The summed E-state index contributed by atoms with van der Waals surface area (Å²) < 4.78 is 8.49. The van der Waals surface area contributed by atoms with Crippen LogP contribution in [0.5, 0.6) is 0 Å². The Morgan fingerprint density at radius 3 is 2.61 bits per heavy atom. The molecule has 0 unspecified atom stereocenters. The Morgan fingerprint density at radius 2 is 1.86 bits per heavy atom. The number of benzene rings is 2. The zero-order chi connectivity index (χ0) is 25.8. The molecule has 4 rings (SSSR count). The number of nitrogens with zero attached hydrogens (tertiary/aromatic N) is 4. The van der Waals surface area contributed by atoms with Gasteiger partial charge in [0.05, 0.1) is 54.7 Å². The molecule has 0 aliphatic heterocycles. The lowest BCUT2D eigenvalue weighted by atomic mass is 10.1. The summed E-state index contributed by atoms with van der Waals surface area (Å²) >= 11 is 17.8. The van der Waals surface area contributed by atoms with E-state index in [1.165, 1.54) is 7.11 Å². The number of nitrogens with one attached hydrogen (secondary N) is 2. The van der Waals surface area contributed by atoms with Crippen molar-refractivity contribution >= 4 is 57.9 Å². The summed E-state index contributed by atoms with van der Waals surface area (Å²) in [4.78, 5) is 12.1. The van der Waals surface area contributed by atoms with E-state index >= 15 is 0 Å². The van der Waals surface area contributed by atoms with Gasteiger partial charge in [-0.05, 0) is 55.4 Å². The minimum atomic E-state index is -0.380. The lowest BCUT2D eigenvalue weighted by Gasteiger charge is -2.11. The first-order valence-electron chi connectivity index (χ1n) is 11.0. The number of hydrogen-bond donors (Lipinski definition) is 2. The Kier molecular flexibility index (Phi) is 7.93. The predicted octanol–water partition coefficient (Wildman–Crippen LogP) is 5.70. The Hall–Kier alpha value is -3.40. The molecule has 2 aromatic heterocycles. The summed E-state index contributed by atoms with van der Waals surface area (Å²) in [6.07, 6.45) is 3.52. The monoisotopic (exact) mass is 542 g/mol. The van der Waals surface area contributed by atoms with Crippen LogP contribution in [-0.4, -0.2) is 37.8 Å². The highest BCUT2D eigenvalue weighted by molar-refractivity contribution is 7.80. The molecule has 11 heteroatoms. The normalized spacial score (nSPS) is 10.8. The highest BCUT2D eigenvalue weighted by Crippen LogP contribution is 2.23. The third kappa shape index (κ3) is 5.87. The Morgan fingerprint density at radius 1 is 1.08 bits per heavy atom. The molecule has 36 heavy (non-hydrogen) atoms. The smallest absolute Gasteiger partial charge is 0.338 e. The number of carbonyl (C=O) groups excluding carboxylic acids is 1. The van der Waals surface area contributed by atoms with Gasteiger partial charge in [0.25, 0.3) is 0 Å². The molecular formula is C25H24Cl2N6O2S. The highest BCUT2D eigenvalue weighted by atomic mass is 35.5. The van der Waals surface area contributed by atoms with E-state index in [4.69, 9.17) is 40.2 Å². The molecule has 0 aliphatic rings. The van der Waals surface area contributed by atoms with Crippen LogP contribution >= 0.6 is 35.4 Å². The number of methoxy groups -OCH3 is 1. The summed E-state index contributed by atoms with van der Waals surface area (Å²) in [5.74, 6) is -0.380. The Bertz CT molecular complexity index is 1430. The number of halogens is 2. The van der Waals surface area contributed by atoms with Crippen molar-refractivity contribution in [2.75, 3.05) is 17.7 Å². The molecule has 0 bridgehead atoms. The molecule has 0 radical (unpaired) electrons. The van der Waals surface area contributed by atoms with Gasteiger partial charge in [0.15, 0.2) is 5.11 Å². The Labute approximate surface area is 224 Å². The van der Waals surface area contributed by atoms with Crippen LogP contribution in [0, 0.1) is 13.8 Å². The van der Waals surface area contributed by atoms with E-state index in [-0.39, 0.29) is 5.97 Å². The zero-order valence-electron chi connectivity index (χ0n) is 19.9. The number of anilines is 2. The van der Waals surface area contributed by atoms with Gasteiger partial charge in [0, 0.05) is 16.2 Å². The van der Waals surface area contributed by atoms with Crippen LogP contribution in [0.2, 0.25) is 10.0 Å². The zero-order valence-corrected chi connectivity index (χ0v) is 22.2. The standard InChI is InChI=1S/C25H24Cl2N6O2S/c1-15-23(16(2)33(31-15)13-17-6-4-5-7-21(17)24(34)35-3)30-25(36)29-20-11-28-32(14-20)12-18-8-9-19(26)10-22(18)27/h4-11,14H,12-13H2,1-3H3,(H2,29,30,36). The van der Waals surface area contributed by atoms with E-state index < -0.39 is 0 Å². The fourth-order valence-corrected chi connectivity index (χ4v) is 4.46. The number of aromatic nitrogens is 4. The van der Waals surface area contributed by atoms with Crippen LogP contribution in [-0.2, 0) is 17.8 Å². The molecule has 0 aliphatic carbocycles. The van der Waals surface area contributed by atoms with Gasteiger partial charge >= 0.3 is 5.97 Å². The number of hydrogen-bond acceptors (Lipinski definition) is 5. The summed E-state index contributed by atoms with van der Waals surface area (Å²) in [5, 5.41) is 17.0. The molecule has 8 nitrogen and oxygen atoms in total. The van der Waals surface area contributed by atoms with E-state index in [9.17, 15) is 4.79 Å². The molecule has 2 aromatic carbocycles. The van der Waals surface area contributed by atoms with Gasteiger partial charge < -0.3 is 15.4 Å². The van der Waals surface area contributed by atoms with Gasteiger partial charge in [-0.3, -0.25) is 9.36 Å². The molecule has 2 heterocycles. The summed E-state index contributed by atoms with van der Waals surface area (Å²) in [7, 11) is 1.37. The first kappa shape index (κ1) is 25.7. The van der Waals surface area contributed by atoms with Crippen molar-refractivity contribution in [2.45, 2.75) is 26.9 Å². The van der Waals surface area contributed by atoms with Crippen molar-refractivity contribution in [1.29, 1.82) is 0 Å². The molecule has 0 fully saturated rings.